The first-order valence-electron chi connectivity index (χ1n) is 25.4. The van der Waals surface area contributed by atoms with Gasteiger partial charge in [-0.2, -0.15) is 0 Å². The molecule has 2 atom stereocenters. The molecule has 2 N–H and O–H groups in total. The number of ketones is 1. The molecule has 0 aliphatic carbocycles. The SMILES string of the molecule is O=C(C(=O)N1CCCCC1C(=O)NC(CCCc1ccccc1)CCCc1ccccc1)c1ccccc1C(=O)N1CCCCC1C(=O)NC(CCCc1ccccc1)CCCc1ccccc1. The highest BCUT2D eigenvalue weighted by atomic mass is 16.2. The molecule has 2 aliphatic rings. The molecule has 9 heteroatoms. The van der Waals surface area contributed by atoms with E-state index >= 15 is 0 Å². The van der Waals surface area contributed by atoms with Gasteiger partial charge in [0, 0.05) is 30.7 Å². The molecule has 0 spiro atoms. The summed E-state index contributed by atoms with van der Waals surface area (Å²) in [5.41, 5.74) is 5.14. The minimum absolute atomic E-state index is 0.00337. The quantitative estimate of drug-likeness (QED) is 0.0500. The number of nitrogens with one attached hydrogen (secondary N) is 2. The monoisotopic (exact) mass is 915 g/mol. The van der Waals surface area contributed by atoms with Crippen LogP contribution in [0, 0.1) is 0 Å². The second kappa shape index (κ2) is 26.3. The number of carbonyl (C=O) groups excluding carboxylic acids is 5. The van der Waals surface area contributed by atoms with Crippen LogP contribution in [0.2, 0.25) is 0 Å². The summed E-state index contributed by atoms with van der Waals surface area (Å²) in [6.07, 6.45) is 14.4. The van der Waals surface area contributed by atoms with E-state index < -0.39 is 29.7 Å². The van der Waals surface area contributed by atoms with Gasteiger partial charge in [-0.1, -0.05) is 140 Å². The van der Waals surface area contributed by atoms with Crippen LogP contribution in [-0.4, -0.2) is 76.5 Å². The van der Waals surface area contributed by atoms with Gasteiger partial charge in [0.25, 0.3) is 17.6 Å². The van der Waals surface area contributed by atoms with E-state index in [0.717, 1.165) is 96.3 Å². The first-order valence-corrected chi connectivity index (χ1v) is 25.4. The number of aryl methyl sites for hydroxylation is 4. The fraction of sp³-hybridized carbons (Fsp3) is 0.407. The number of Topliss-reactive ketones (excluding diaryl/α,β-unsaturated/α-hetero) is 1. The number of rotatable bonds is 23. The van der Waals surface area contributed by atoms with Gasteiger partial charge < -0.3 is 20.4 Å². The molecule has 2 saturated heterocycles. The zero-order valence-electron chi connectivity index (χ0n) is 39.7. The van der Waals surface area contributed by atoms with Crippen molar-refractivity contribution in [2.45, 2.75) is 140 Å². The van der Waals surface area contributed by atoms with Crippen LogP contribution in [0.1, 0.15) is 133 Å². The van der Waals surface area contributed by atoms with E-state index in [1.165, 1.54) is 33.2 Å². The Hall–Kier alpha value is -6.35. The predicted octanol–water partition coefficient (Wildman–Crippen LogP) is 10.3. The van der Waals surface area contributed by atoms with Crippen LogP contribution in [0.5, 0.6) is 0 Å². The highest BCUT2D eigenvalue weighted by Crippen LogP contribution is 2.26. The van der Waals surface area contributed by atoms with Crippen LogP contribution >= 0.6 is 0 Å². The molecular formula is C59H70N4O5. The molecule has 2 heterocycles. The zero-order chi connectivity index (χ0) is 47.3. The lowest BCUT2D eigenvalue weighted by molar-refractivity contribution is -0.139. The van der Waals surface area contributed by atoms with E-state index in [1.807, 2.05) is 72.8 Å². The van der Waals surface area contributed by atoms with Gasteiger partial charge in [-0.15, -0.1) is 0 Å². The van der Waals surface area contributed by atoms with Crippen LogP contribution < -0.4 is 10.6 Å². The molecule has 4 amide bonds. The topological polar surface area (TPSA) is 116 Å². The fourth-order valence-corrected chi connectivity index (χ4v) is 10.1. The number of likely N-dealkylation sites (tertiary alicyclic amines) is 2. The van der Waals surface area contributed by atoms with E-state index in [2.05, 4.69) is 59.2 Å². The van der Waals surface area contributed by atoms with Crippen molar-refractivity contribution >= 4 is 29.4 Å². The van der Waals surface area contributed by atoms with Gasteiger partial charge in [-0.3, -0.25) is 24.0 Å². The third kappa shape index (κ3) is 14.6. The molecular weight excluding hydrogens is 845 g/mol. The standard InChI is InChI=1S/C59H70N4O5/c64-55(59(68)63-44-18-16-42-54(63)57(66)61-50(37-21-33-47-27-9-3-10-28-47)38-22-34-48-29-11-4-12-30-48)51-39-13-14-40-52(51)58(67)62-43-17-15-41-53(62)56(65)60-49(35-19-31-45-23-5-1-6-24-45)36-20-32-46-25-7-2-8-26-46/h1-14,23-30,39-40,49-50,53-54H,15-22,31-38,41-44H2,(H,60,65)(H,61,66). The molecule has 68 heavy (non-hydrogen) atoms. The number of hydrogen-bond donors (Lipinski definition) is 2. The van der Waals surface area contributed by atoms with Gasteiger partial charge in [0.05, 0.1) is 5.56 Å². The number of carbonyl (C=O) groups is 5. The van der Waals surface area contributed by atoms with Crippen molar-refractivity contribution in [2.24, 2.45) is 0 Å². The number of piperidine rings is 2. The Morgan fingerprint density at radius 2 is 0.765 bits per heavy atom. The van der Waals surface area contributed by atoms with Crippen molar-refractivity contribution in [1.29, 1.82) is 0 Å². The van der Waals surface area contributed by atoms with Crippen LogP contribution in [0.3, 0.4) is 0 Å². The summed E-state index contributed by atoms with van der Waals surface area (Å²) in [5, 5.41) is 6.68. The highest BCUT2D eigenvalue weighted by molar-refractivity contribution is 6.44. The summed E-state index contributed by atoms with van der Waals surface area (Å²) in [4.78, 5) is 75.0. The summed E-state index contributed by atoms with van der Waals surface area (Å²) in [6.45, 7) is 0.643. The van der Waals surface area contributed by atoms with Gasteiger partial charge in [0.1, 0.15) is 12.1 Å². The third-order valence-electron chi connectivity index (χ3n) is 13.9. The zero-order valence-corrected chi connectivity index (χ0v) is 39.7. The molecule has 2 aliphatic heterocycles. The molecule has 0 aromatic heterocycles. The van der Waals surface area contributed by atoms with Crippen molar-refractivity contribution in [3.8, 4) is 0 Å². The summed E-state index contributed by atoms with van der Waals surface area (Å²) in [6, 6.07) is 46.3. The Balaban J connectivity index is 1.01. The van der Waals surface area contributed by atoms with E-state index in [1.54, 1.807) is 23.1 Å². The molecule has 356 valence electrons. The Kier molecular flexibility index (Phi) is 19.1. The van der Waals surface area contributed by atoms with Gasteiger partial charge in [-0.05, 0) is 144 Å². The summed E-state index contributed by atoms with van der Waals surface area (Å²) in [7, 11) is 0. The van der Waals surface area contributed by atoms with Crippen LogP contribution in [0.15, 0.2) is 146 Å². The second-order valence-corrected chi connectivity index (χ2v) is 18.8. The van der Waals surface area contributed by atoms with E-state index in [9.17, 15) is 24.0 Å². The molecule has 0 saturated carbocycles. The Bertz CT molecular complexity index is 2270. The summed E-state index contributed by atoms with van der Waals surface area (Å²) >= 11 is 0. The number of hydrogen-bond acceptors (Lipinski definition) is 5. The average Bonchev–Trinajstić information content (AvgIpc) is 3.39. The maximum atomic E-state index is 14.6. The van der Waals surface area contributed by atoms with E-state index in [-0.39, 0.29) is 41.6 Å². The lowest BCUT2D eigenvalue weighted by Crippen LogP contribution is -2.55. The second-order valence-electron chi connectivity index (χ2n) is 18.8. The molecule has 2 fully saturated rings. The molecule has 5 aromatic carbocycles. The van der Waals surface area contributed by atoms with Crippen LogP contribution in [0.25, 0.3) is 0 Å². The van der Waals surface area contributed by atoms with Gasteiger partial charge in [-0.25, -0.2) is 0 Å². The van der Waals surface area contributed by atoms with Crippen molar-refractivity contribution in [3.63, 3.8) is 0 Å². The molecule has 9 nitrogen and oxygen atoms in total. The van der Waals surface area contributed by atoms with E-state index in [0.29, 0.717) is 25.8 Å². The molecule has 0 radical (unpaired) electrons. The first-order chi connectivity index (χ1) is 33.3. The average molecular weight is 915 g/mol. The predicted molar refractivity (Wildman–Crippen MR) is 270 cm³/mol. The van der Waals surface area contributed by atoms with Crippen molar-refractivity contribution in [3.05, 3.63) is 179 Å². The van der Waals surface area contributed by atoms with Crippen molar-refractivity contribution in [1.82, 2.24) is 20.4 Å². The maximum Gasteiger partial charge on any atom is 0.295 e. The number of amides is 4. The largest absolute Gasteiger partial charge is 0.352 e. The van der Waals surface area contributed by atoms with Crippen molar-refractivity contribution in [2.75, 3.05) is 13.1 Å². The van der Waals surface area contributed by atoms with E-state index in [4.69, 9.17) is 0 Å². The molecule has 7 rings (SSSR count). The lowest BCUT2D eigenvalue weighted by Gasteiger charge is -2.36. The minimum atomic E-state index is -0.814. The maximum absolute atomic E-state index is 14.6. The normalized spacial score (nSPS) is 16.1. The van der Waals surface area contributed by atoms with Gasteiger partial charge >= 0.3 is 0 Å². The smallest absolute Gasteiger partial charge is 0.295 e. The minimum Gasteiger partial charge on any atom is -0.352 e. The Morgan fingerprint density at radius 1 is 0.426 bits per heavy atom. The first kappa shape index (κ1) is 49.6. The molecule has 5 aromatic rings. The van der Waals surface area contributed by atoms with Gasteiger partial charge in [0.15, 0.2) is 0 Å². The molecule has 0 bridgehead atoms. The van der Waals surface area contributed by atoms with Crippen LogP contribution in [0.4, 0.5) is 0 Å². The Morgan fingerprint density at radius 3 is 1.16 bits per heavy atom. The highest BCUT2D eigenvalue weighted by Gasteiger charge is 2.39. The van der Waals surface area contributed by atoms with Crippen molar-refractivity contribution < 1.29 is 24.0 Å². The number of benzene rings is 5. The number of nitrogens with zero attached hydrogens (tertiary/aromatic N) is 2. The third-order valence-corrected chi connectivity index (χ3v) is 13.9. The van der Waals surface area contributed by atoms with Crippen LogP contribution in [-0.2, 0) is 40.1 Å². The lowest BCUT2D eigenvalue weighted by atomic mass is 9.94. The van der Waals surface area contributed by atoms with Gasteiger partial charge in [0.2, 0.25) is 11.8 Å². The summed E-state index contributed by atoms with van der Waals surface area (Å²) in [5.74, 6) is -2.45. The fourth-order valence-electron chi connectivity index (χ4n) is 10.1. The molecule has 2 unspecified atom stereocenters. The Labute approximate surface area is 404 Å². The summed E-state index contributed by atoms with van der Waals surface area (Å²) < 4.78 is 0.